The van der Waals surface area contributed by atoms with Crippen molar-refractivity contribution in [3.63, 3.8) is 0 Å². The van der Waals surface area contributed by atoms with Crippen molar-refractivity contribution in [1.82, 2.24) is 10.2 Å². The monoisotopic (exact) mass is 238 g/mol. The highest BCUT2D eigenvalue weighted by Crippen LogP contribution is 2.35. The highest BCUT2D eigenvalue weighted by atomic mass is 16.4. The van der Waals surface area contributed by atoms with Gasteiger partial charge in [-0.2, -0.15) is 0 Å². The summed E-state index contributed by atoms with van der Waals surface area (Å²) in [6, 6.07) is 0.285. The molecule has 0 radical (unpaired) electrons. The summed E-state index contributed by atoms with van der Waals surface area (Å²) in [5.41, 5.74) is 6.03. The minimum Gasteiger partial charge on any atom is -0.406 e. The SMILES string of the molecule is CC(N)c1nnc(NCC2(C)CCCCC2)o1. The largest absolute Gasteiger partial charge is 0.406 e. The smallest absolute Gasteiger partial charge is 0.315 e. The third kappa shape index (κ3) is 3.19. The maximum atomic E-state index is 5.67. The minimum atomic E-state index is -0.205. The third-order valence-electron chi connectivity index (χ3n) is 3.56. The van der Waals surface area contributed by atoms with Crippen LogP contribution in [-0.4, -0.2) is 16.7 Å². The van der Waals surface area contributed by atoms with E-state index in [0.29, 0.717) is 17.3 Å². The van der Waals surface area contributed by atoms with E-state index >= 15 is 0 Å². The Morgan fingerprint density at radius 3 is 2.65 bits per heavy atom. The quantitative estimate of drug-likeness (QED) is 0.842. The van der Waals surface area contributed by atoms with Crippen LogP contribution in [0.1, 0.15) is 57.9 Å². The number of hydrogen-bond donors (Lipinski definition) is 2. The average Bonchev–Trinajstić information content (AvgIpc) is 2.76. The van der Waals surface area contributed by atoms with Crippen LogP contribution < -0.4 is 11.1 Å². The van der Waals surface area contributed by atoms with E-state index in [2.05, 4.69) is 22.4 Å². The molecule has 2 rings (SSSR count). The molecule has 1 aliphatic carbocycles. The first-order valence-corrected chi connectivity index (χ1v) is 6.42. The van der Waals surface area contributed by atoms with Gasteiger partial charge in [0.1, 0.15) is 0 Å². The number of aromatic nitrogens is 2. The molecular weight excluding hydrogens is 216 g/mol. The lowest BCUT2D eigenvalue weighted by atomic mass is 9.76. The number of nitrogens with zero attached hydrogens (tertiary/aromatic N) is 2. The van der Waals surface area contributed by atoms with Crippen LogP contribution in [0.4, 0.5) is 6.01 Å². The van der Waals surface area contributed by atoms with Crippen LogP contribution in [0.5, 0.6) is 0 Å². The molecule has 0 saturated heterocycles. The van der Waals surface area contributed by atoms with E-state index in [1.807, 2.05) is 6.92 Å². The molecule has 96 valence electrons. The van der Waals surface area contributed by atoms with Gasteiger partial charge in [0, 0.05) is 6.54 Å². The normalized spacial score (nSPS) is 21.1. The fourth-order valence-corrected chi connectivity index (χ4v) is 2.36. The molecule has 3 N–H and O–H groups in total. The Balaban J connectivity index is 1.88. The van der Waals surface area contributed by atoms with E-state index in [4.69, 9.17) is 10.2 Å². The molecule has 0 spiro atoms. The summed E-state index contributed by atoms with van der Waals surface area (Å²) >= 11 is 0. The summed E-state index contributed by atoms with van der Waals surface area (Å²) in [6.45, 7) is 5.05. The van der Waals surface area contributed by atoms with Gasteiger partial charge in [-0.3, -0.25) is 0 Å². The minimum absolute atomic E-state index is 0.205. The van der Waals surface area contributed by atoms with Crippen LogP contribution in [0, 0.1) is 5.41 Å². The maximum absolute atomic E-state index is 5.67. The van der Waals surface area contributed by atoms with Gasteiger partial charge in [0.05, 0.1) is 6.04 Å². The van der Waals surface area contributed by atoms with Crippen LogP contribution >= 0.6 is 0 Å². The Morgan fingerprint density at radius 1 is 1.35 bits per heavy atom. The van der Waals surface area contributed by atoms with E-state index in [0.717, 1.165) is 6.54 Å². The van der Waals surface area contributed by atoms with Crippen molar-refractivity contribution >= 4 is 6.01 Å². The van der Waals surface area contributed by atoms with Crippen molar-refractivity contribution in [3.05, 3.63) is 5.89 Å². The van der Waals surface area contributed by atoms with Gasteiger partial charge in [-0.15, -0.1) is 5.10 Å². The Bertz CT molecular complexity index is 355. The molecule has 1 aliphatic rings. The molecule has 5 nitrogen and oxygen atoms in total. The molecule has 1 aromatic heterocycles. The Labute approximate surface area is 102 Å². The Morgan fingerprint density at radius 2 is 2.06 bits per heavy atom. The lowest BCUT2D eigenvalue weighted by Gasteiger charge is -2.33. The lowest BCUT2D eigenvalue weighted by Crippen LogP contribution is -2.28. The van der Waals surface area contributed by atoms with Crippen LogP contribution in [0.25, 0.3) is 0 Å². The summed E-state index contributed by atoms with van der Waals surface area (Å²) in [7, 11) is 0. The molecule has 1 saturated carbocycles. The predicted molar refractivity (Wildman–Crippen MR) is 66.6 cm³/mol. The zero-order valence-electron chi connectivity index (χ0n) is 10.7. The van der Waals surface area contributed by atoms with Crippen molar-refractivity contribution in [1.29, 1.82) is 0 Å². The number of hydrogen-bond acceptors (Lipinski definition) is 5. The first-order valence-electron chi connectivity index (χ1n) is 6.42. The predicted octanol–water partition coefficient (Wildman–Crippen LogP) is 2.47. The maximum Gasteiger partial charge on any atom is 0.315 e. The molecule has 1 aromatic rings. The highest BCUT2D eigenvalue weighted by molar-refractivity contribution is 5.18. The Hall–Kier alpha value is -1.10. The van der Waals surface area contributed by atoms with E-state index in [9.17, 15) is 0 Å². The summed E-state index contributed by atoms with van der Waals surface area (Å²) in [6.07, 6.45) is 6.56. The number of nitrogens with one attached hydrogen (secondary N) is 1. The van der Waals surface area contributed by atoms with Crippen LogP contribution in [0.15, 0.2) is 4.42 Å². The van der Waals surface area contributed by atoms with Gasteiger partial charge < -0.3 is 15.5 Å². The van der Waals surface area contributed by atoms with Gasteiger partial charge in [-0.05, 0) is 25.2 Å². The first kappa shape index (κ1) is 12.4. The second kappa shape index (κ2) is 5.04. The Kier molecular flexibility index (Phi) is 3.66. The second-order valence-electron chi connectivity index (χ2n) is 5.46. The van der Waals surface area contributed by atoms with Gasteiger partial charge in [0.2, 0.25) is 5.89 Å². The van der Waals surface area contributed by atoms with Crippen molar-refractivity contribution < 1.29 is 4.42 Å². The highest BCUT2D eigenvalue weighted by Gasteiger charge is 2.27. The molecule has 0 amide bonds. The summed E-state index contributed by atoms with van der Waals surface area (Å²) in [5, 5.41) is 11.1. The molecule has 5 heteroatoms. The first-order chi connectivity index (χ1) is 8.09. The second-order valence-corrected chi connectivity index (χ2v) is 5.46. The van der Waals surface area contributed by atoms with Crippen molar-refractivity contribution in [2.24, 2.45) is 11.1 Å². The van der Waals surface area contributed by atoms with E-state index < -0.39 is 0 Å². The standard InChI is InChI=1S/C12H22N4O/c1-9(13)10-15-16-11(17-10)14-8-12(2)6-4-3-5-7-12/h9H,3-8,13H2,1-2H3,(H,14,16). The molecule has 0 aromatic carbocycles. The zero-order chi connectivity index (χ0) is 12.3. The molecule has 1 atom stereocenters. The van der Waals surface area contributed by atoms with Gasteiger partial charge in [-0.25, -0.2) is 0 Å². The van der Waals surface area contributed by atoms with Crippen LogP contribution in [0.3, 0.4) is 0 Å². The van der Waals surface area contributed by atoms with Crippen LogP contribution in [0.2, 0.25) is 0 Å². The number of nitrogens with two attached hydrogens (primary N) is 1. The molecule has 1 heterocycles. The van der Waals surface area contributed by atoms with Crippen LogP contribution in [-0.2, 0) is 0 Å². The van der Waals surface area contributed by atoms with Crippen molar-refractivity contribution in [3.8, 4) is 0 Å². The summed E-state index contributed by atoms with van der Waals surface area (Å²) in [5.74, 6) is 0.487. The topological polar surface area (TPSA) is 77.0 Å². The third-order valence-corrected chi connectivity index (χ3v) is 3.56. The number of rotatable bonds is 4. The molecular formula is C12H22N4O. The zero-order valence-corrected chi connectivity index (χ0v) is 10.7. The molecule has 1 fully saturated rings. The summed E-state index contributed by atoms with van der Waals surface area (Å²) < 4.78 is 5.42. The average molecular weight is 238 g/mol. The van der Waals surface area contributed by atoms with E-state index in [-0.39, 0.29) is 6.04 Å². The van der Waals surface area contributed by atoms with E-state index in [1.54, 1.807) is 0 Å². The van der Waals surface area contributed by atoms with Crippen molar-refractivity contribution in [2.75, 3.05) is 11.9 Å². The van der Waals surface area contributed by atoms with Gasteiger partial charge >= 0.3 is 6.01 Å². The fraction of sp³-hybridized carbons (Fsp3) is 0.833. The molecule has 0 aliphatic heterocycles. The fourth-order valence-electron chi connectivity index (χ4n) is 2.36. The van der Waals surface area contributed by atoms with E-state index in [1.165, 1.54) is 32.1 Å². The number of anilines is 1. The molecule has 0 bridgehead atoms. The lowest BCUT2D eigenvalue weighted by molar-refractivity contribution is 0.231. The van der Waals surface area contributed by atoms with Crippen molar-refractivity contribution in [2.45, 2.75) is 52.0 Å². The molecule has 17 heavy (non-hydrogen) atoms. The molecule has 1 unspecified atom stereocenters. The van der Waals surface area contributed by atoms with Gasteiger partial charge in [0.15, 0.2) is 0 Å². The van der Waals surface area contributed by atoms with Gasteiger partial charge in [-0.1, -0.05) is 31.3 Å². The summed E-state index contributed by atoms with van der Waals surface area (Å²) in [4.78, 5) is 0. The van der Waals surface area contributed by atoms with Gasteiger partial charge in [0.25, 0.3) is 0 Å².